The number of aromatic nitrogens is 2. The van der Waals surface area contributed by atoms with Crippen molar-refractivity contribution in [3.63, 3.8) is 0 Å². The zero-order valence-corrected chi connectivity index (χ0v) is 13.0. The number of halogens is 1. The molecule has 0 amide bonds. The van der Waals surface area contributed by atoms with Gasteiger partial charge in [-0.3, -0.25) is 9.48 Å². The third-order valence-corrected chi connectivity index (χ3v) is 5.02. The molecule has 0 unspecified atom stereocenters. The SMILES string of the molecule is Cc1nn(C)c(CC2(C(=O)O)CCCCCCC2)c1Cl. The number of rotatable bonds is 3. The molecule has 0 bridgehead atoms. The van der Waals surface area contributed by atoms with Crippen molar-refractivity contribution in [1.82, 2.24) is 9.78 Å². The van der Waals surface area contributed by atoms with E-state index >= 15 is 0 Å². The van der Waals surface area contributed by atoms with Crippen LogP contribution in [0.5, 0.6) is 0 Å². The maximum absolute atomic E-state index is 11.9. The normalized spacial score (nSPS) is 19.4. The van der Waals surface area contributed by atoms with E-state index in [4.69, 9.17) is 11.6 Å². The fourth-order valence-electron chi connectivity index (χ4n) is 3.24. The molecule has 1 saturated carbocycles. The highest BCUT2D eigenvalue weighted by Gasteiger charge is 2.39. The average Bonchev–Trinajstić information content (AvgIpc) is 2.58. The van der Waals surface area contributed by atoms with Gasteiger partial charge in [0, 0.05) is 13.5 Å². The van der Waals surface area contributed by atoms with Gasteiger partial charge in [0.2, 0.25) is 0 Å². The maximum Gasteiger partial charge on any atom is 0.310 e. The molecule has 112 valence electrons. The molecule has 5 heteroatoms. The van der Waals surface area contributed by atoms with Crippen molar-refractivity contribution < 1.29 is 9.90 Å². The summed E-state index contributed by atoms with van der Waals surface area (Å²) in [6.45, 7) is 1.86. The summed E-state index contributed by atoms with van der Waals surface area (Å²) in [5.41, 5.74) is 0.951. The van der Waals surface area contributed by atoms with E-state index in [9.17, 15) is 9.90 Å². The second kappa shape index (κ2) is 6.17. The van der Waals surface area contributed by atoms with Gasteiger partial charge in [-0.15, -0.1) is 0 Å². The van der Waals surface area contributed by atoms with Crippen LogP contribution in [0.25, 0.3) is 0 Å². The Hall–Kier alpha value is -1.03. The number of hydrogen-bond acceptors (Lipinski definition) is 2. The Morgan fingerprint density at radius 3 is 2.30 bits per heavy atom. The fraction of sp³-hybridized carbons (Fsp3) is 0.733. The molecule has 2 rings (SSSR count). The van der Waals surface area contributed by atoms with Crippen LogP contribution in [0.2, 0.25) is 5.02 Å². The summed E-state index contributed by atoms with van der Waals surface area (Å²) >= 11 is 6.30. The highest BCUT2D eigenvalue weighted by molar-refractivity contribution is 6.31. The Labute approximate surface area is 125 Å². The third kappa shape index (κ3) is 3.00. The lowest BCUT2D eigenvalue weighted by Gasteiger charge is -2.31. The quantitative estimate of drug-likeness (QED) is 0.925. The molecule has 0 saturated heterocycles. The minimum absolute atomic E-state index is 0.485. The Morgan fingerprint density at radius 1 is 1.30 bits per heavy atom. The van der Waals surface area contributed by atoms with E-state index in [-0.39, 0.29) is 0 Å². The van der Waals surface area contributed by atoms with Gasteiger partial charge in [-0.05, 0) is 19.8 Å². The molecule has 1 aliphatic rings. The van der Waals surface area contributed by atoms with Crippen LogP contribution in [-0.2, 0) is 18.3 Å². The Balaban J connectivity index is 2.30. The van der Waals surface area contributed by atoms with E-state index in [1.54, 1.807) is 4.68 Å². The second-order valence-electron chi connectivity index (χ2n) is 6.00. The first kappa shape index (κ1) is 15.4. The molecular weight excluding hydrogens is 276 g/mol. The predicted molar refractivity (Wildman–Crippen MR) is 79.0 cm³/mol. The number of carboxylic acids is 1. The number of carboxylic acid groups (broad SMARTS) is 1. The first-order chi connectivity index (χ1) is 9.46. The number of aliphatic carboxylic acids is 1. The van der Waals surface area contributed by atoms with Gasteiger partial charge in [0.25, 0.3) is 0 Å². The van der Waals surface area contributed by atoms with Crippen molar-refractivity contribution in [2.45, 2.75) is 58.3 Å². The van der Waals surface area contributed by atoms with E-state index in [0.29, 0.717) is 11.4 Å². The minimum atomic E-state index is -0.686. The predicted octanol–water partition coefficient (Wildman–Crippen LogP) is 3.74. The molecule has 1 aliphatic carbocycles. The van der Waals surface area contributed by atoms with E-state index in [0.717, 1.165) is 49.9 Å². The molecule has 0 spiro atoms. The van der Waals surface area contributed by atoms with Gasteiger partial charge in [0.15, 0.2) is 0 Å². The zero-order chi connectivity index (χ0) is 14.8. The van der Waals surface area contributed by atoms with Gasteiger partial charge in [-0.1, -0.05) is 43.7 Å². The van der Waals surface area contributed by atoms with Crippen molar-refractivity contribution in [2.24, 2.45) is 12.5 Å². The molecule has 1 heterocycles. The lowest BCUT2D eigenvalue weighted by Crippen LogP contribution is -2.35. The van der Waals surface area contributed by atoms with Crippen LogP contribution < -0.4 is 0 Å². The minimum Gasteiger partial charge on any atom is -0.481 e. The van der Waals surface area contributed by atoms with E-state index in [1.165, 1.54) is 6.42 Å². The largest absolute Gasteiger partial charge is 0.481 e. The van der Waals surface area contributed by atoms with Gasteiger partial charge in [-0.2, -0.15) is 5.10 Å². The van der Waals surface area contributed by atoms with Crippen LogP contribution in [0.3, 0.4) is 0 Å². The lowest BCUT2D eigenvalue weighted by atomic mass is 9.73. The monoisotopic (exact) mass is 298 g/mol. The molecule has 1 fully saturated rings. The molecule has 4 nitrogen and oxygen atoms in total. The Kier molecular flexibility index (Phi) is 4.74. The number of carbonyl (C=O) groups is 1. The molecule has 1 N–H and O–H groups in total. The molecule has 0 aliphatic heterocycles. The van der Waals surface area contributed by atoms with E-state index in [2.05, 4.69) is 5.10 Å². The van der Waals surface area contributed by atoms with Crippen LogP contribution in [0.4, 0.5) is 0 Å². The van der Waals surface area contributed by atoms with Gasteiger partial charge < -0.3 is 5.11 Å². The first-order valence-electron chi connectivity index (χ1n) is 7.38. The van der Waals surface area contributed by atoms with Crippen LogP contribution in [0.1, 0.15) is 56.3 Å². The van der Waals surface area contributed by atoms with Crippen molar-refractivity contribution in [3.8, 4) is 0 Å². The van der Waals surface area contributed by atoms with Gasteiger partial charge in [0.1, 0.15) is 0 Å². The number of nitrogens with zero attached hydrogens (tertiary/aromatic N) is 2. The summed E-state index contributed by atoms with van der Waals surface area (Å²) in [4.78, 5) is 11.9. The van der Waals surface area contributed by atoms with E-state index < -0.39 is 11.4 Å². The Bertz CT molecular complexity index is 488. The maximum atomic E-state index is 11.9. The summed E-state index contributed by atoms with van der Waals surface area (Å²) in [6, 6.07) is 0. The van der Waals surface area contributed by atoms with Crippen molar-refractivity contribution in [1.29, 1.82) is 0 Å². The fourth-order valence-corrected chi connectivity index (χ4v) is 3.47. The highest BCUT2D eigenvalue weighted by Crippen LogP contribution is 2.39. The van der Waals surface area contributed by atoms with Crippen molar-refractivity contribution in [3.05, 3.63) is 16.4 Å². The molecule has 20 heavy (non-hydrogen) atoms. The summed E-state index contributed by atoms with van der Waals surface area (Å²) in [5.74, 6) is -0.686. The summed E-state index contributed by atoms with van der Waals surface area (Å²) in [6.07, 6.45) is 7.42. The Morgan fingerprint density at radius 2 is 1.85 bits per heavy atom. The number of hydrogen-bond donors (Lipinski definition) is 1. The second-order valence-corrected chi connectivity index (χ2v) is 6.38. The van der Waals surface area contributed by atoms with Gasteiger partial charge in [0.05, 0.1) is 21.8 Å². The molecule has 0 aromatic carbocycles. The molecular formula is C15H23ClN2O2. The first-order valence-corrected chi connectivity index (χ1v) is 7.75. The number of aryl methyl sites for hydroxylation is 2. The summed E-state index contributed by atoms with van der Waals surface area (Å²) < 4.78 is 1.74. The molecule has 0 atom stereocenters. The standard InChI is InChI=1S/C15H23ClN2O2/c1-11-13(16)12(18(2)17-11)10-15(14(19)20)8-6-4-3-5-7-9-15/h3-10H2,1-2H3,(H,19,20). The van der Waals surface area contributed by atoms with Crippen LogP contribution in [0.15, 0.2) is 0 Å². The smallest absolute Gasteiger partial charge is 0.310 e. The van der Waals surface area contributed by atoms with Crippen molar-refractivity contribution in [2.75, 3.05) is 0 Å². The summed E-state index contributed by atoms with van der Waals surface area (Å²) in [5, 5.41) is 14.7. The average molecular weight is 299 g/mol. The van der Waals surface area contributed by atoms with Crippen LogP contribution in [-0.4, -0.2) is 20.9 Å². The molecule has 0 radical (unpaired) electrons. The molecule has 1 aromatic heterocycles. The van der Waals surface area contributed by atoms with Gasteiger partial charge >= 0.3 is 5.97 Å². The van der Waals surface area contributed by atoms with E-state index in [1.807, 2.05) is 14.0 Å². The topological polar surface area (TPSA) is 55.1 Å². The zero-order valence-electron chi connectivity index (χ0n) is 12.3. The molecule has 1 aromatic rings. The summed E-state index contributed by atoms with van der Waals surface area (Å²) in [7, 11) is 1.84. The third-order valence-electron chi connectivity index (χ3n) is 4.53. The lowest BCUT2D eigenvalue weighted by molar-refractivity contribution is -0.150. The van der Waals surface area contributed by atoms with Gasteiger partial charge in [-0.25, -0.2) is 0 Å². The van der Waals surface area contributed by atoms with Crippen LogP contribution in [0, 0.1) is 12.3 Å². The highest BCUT2D eigenvalue weighted by atomic mass is 35.5. The van der Waals surface area contributed by atoms with Crippen LogP contribution >= 0.6 is 11.6 Å². The van der Waals surface area contributed by atoms with Crippen molar-refractivity contribution >= 4 is 17.6 Å².